The number of nitrogen functional groups attached to an aromatic ring is 1. The van der Waals surface area contributed by atoms with Gasteiger partial charge in [0.1, 0.15) is 0 Å². The van der Waals surface area contributed by atoms with Crippen molar-refractivity contribution in [1.29, 1.82) is 0 Å². The molecule has 0 spiro atoms. The Hall–Kier alpha value is -1.55. The van der Waals surface area contributed by atoms with Gasteiger partial charge in [-0.25, -0.2) is 0 Å². The number of nitrogens with two attached hydrogens (primary N) is 1. The van der Waals surface area contributed by atoms with E-state index in [0.717, 1.165) is 56.4 Å². The molecule has 0 fully saturated rings. The molecule has 0 aliphatic carbocycles. The van der Waals surface area contributed by atoms with Crippen LogP contribution in [0.5, 0.6) is 0 Å². The van der Waals surface area contributed by atoms with Crippen molar-refractivity contribution in [1.82, 2.24) is 0 Å². The van der Waals surface area contributed by atoms with Gasteiger partial charge in [-0.05, 0) is 49.4 Å². The Morgan fingerprint density at radius 1 is 1.15 bits per heavy atom. The zero-order chi connectivity index (χ0) is 14.4. The number of aliphatic hydroxyl groups is 1. The van der Waals surface area contributed by atoms with E-state index >= 15 is 0 Å². The van der Waals surface area contributed by atoms with Crippen LogP contribution in [0.25, 0.3) is 0 Å². The topological polar surface area (TPSA) is 66.6 Å². The molecule has 1 aromatic rings. The van der Waals surface area contributed by atoms with Crippen LogP contribution >= 0.6 is 0 Å². The quantitative estimate of drug-likeness (QED) is 0.619. The lowest BCUT2D eigenvalue weighted by atomic mass is 10.1. The summed E-state index contributed by atoms with van der Waals surface area (Å²) in [6, 6.07) is 5.84. The third-order valence-electron chi connectivity index (χ3n) is 3.82. The number of hydrogen-bond acceptors (Lipinski definition) is 3. The number of fused-ring (bicyclic) bond motifs is 1. The Kier molecular flexibility index (Phi) is 5.41. The maximum atomic E-state index is 12.2. The summed E-state index contributed by atoms with van der Waals surface area (Å²) in [6.07, 6.45) is 6.34. The molecule has 4 heteroatoms. The number of carbonyl (C=O) groups is 1. The number of hydrogen-bond donors (Lipinski definition) is 2. The summed E-state index contributed by atoms with van der Waals surface area (Å²) in [6.45, 7) is 1.02. The van der Waals surface area contributed by atoms with E-state index < -0.39 is 0 Å². The summed E-state index contributed by atoms with van der Waals surface area (Å²) in [5, 5.41) is 8.77. The van der Waals surface area contributed by atoms with Crippen LogP contribution < -0.4 is 10.6 Å². The van der Waals surface area contributed by atoms with Crippen LogP contribution in [0.4, 0.5) is 11.4 Å². The van der Waals surface area contributed by atoms with Gasteiger partial charge in [0, 0.05) is 30.9 Å². The summed E-state index contributed by atoms with van der Waals surface area (Å²) in [5.41, 5.74) is 8.82. The number of anilines is 2. The lowest BCUT2D eigenvalue weighted by Crippen LogP contribution is -2.31. The van der Waals surface area contributed by atoms with Gasteiger partial charge in [0.15, 0.2) is 0 Å². The molecule has 0 unspecified atom stereocenters. The van der Waals surface area contributed by atoms with Crippen LogP contribution in [-0.2, 0) is 11.2 Å². The van der Waals surface area contributed by atoms with Crippen LogP contribution in [0.1, 0.15) is 44.1 Å². The largest absolute Gasteiger partial charge is 0.399 e. The fraction of sp³-hybridized carbons (Fsp3) is 0.562. The number of benzene rings is 1. The molecule has 1 heterocycles. The second kappa shape index (κ2) is 7.29. The number of amides is 1. The molecule has 1 aromatic carbocycles. The highest BCUT2D eigenvalue weighted by molar-refractivity contribution is 5.95. The van der Waals surface area contributed by atoms with Gasteiger partial charge in [-0.3, -0.25) is 4.79 Å². The second-order valence-corrected chi connectivity index (χ2v) is 5.42. The number of rotatable bonds is 6. The first-order chi connectivity index (χ1) is 9.72. The molecule has 0 radical (unpaired) electrons. The number of carbonyl (C=O) groups excluding carboxylic acids is 1. The van der Waals surface area contributed by atoms with E-state index in [4.69, 9.17) is 10.8 Å². The SMILES string of the molecule is Nc1ccc2c(c1)CCCC(=O)N2CCCCCCO. The van der Waals surface area contributed by atoms with Crippen molar-refractivity contribution >= 4 is 17.3 Å². The first-order valence-electron chi connectivity index (χ1n) is 7.52. The lowest BCUT2D eigenvalue weighted by Gasteiger charge is -2.23. The summed E-state index contributed by atoms with van der Waals surface area (Å²) in [4.78, 5) is 14.2. The Balaban J connectivity index is 2.04. The average molecular weight is 276 g/mol. The van der Waals surface area contributed by atoms with Gasteiger partial charge in [-0.1, -0.05) is 12.8 Å². The van der Waals surface area contributed by atoms with E-state index in [2.05, 4.69) is 0 Å². The molecule has 4 nitrogen and oxygen atoms in total. The van der Waals surface area contributed by atoms with E-state index in [9.17, 15) is 4.79 Å². The fourth-order valence-corrected chi connectivity index (χ4v) is 2.75. The predicted molar refractivity (Wildman–Crippen MR) is 81.7 cm³/mol. The molecule has 0 saturated carbocycles. The van der Waals surface area contributed by atoms with Crippen molar-refractivity contribution in [2.45, 2.75) is 44.9 Å². The Bertz CT molecular complexity index is 460. The maximum absolute atomic E-state index is 12.2. The normalized spacial score (nSPS) is 15.1. The zero-order valence-corrected chi connectivity index (χ0v) is 12.0. The van der Waals surface area contributed by atoms with E-state index in [1.807, 2.05) is 23.1 Å². The number of nitrogens with zero attached hydrogens (tertiary/aromatic N) is 1. The molecule has 0 aromatic heterocycles. The third kappa shape index (κ3) is 3.73. The van der Waals surface area contributed by atoms with Gasteiger partial charge in [0.05, 0.1) is 0 Å². The van der Waals surface area contributed by atoms with Crippen LogP contribution in [0.2, 0.25) is 0 Å². The minimum absolute atomic E-state index is 0.218. The fourth-order valence-electron chi connectivity index (χ4n) is 2.75. The summed E-state index contributed by atoms with van der Waals surface area (Å²) >= 11 is 0. The molecule has 0 bridgehead atoms. The third-order valence-corrected chi connectivity index (χ3v) is 3.82. The highest BCUT2D eigenvalue weighted by Gasteiger charge is 2.21. The maximum Gasteiger partial charge on any atom is 0.226 e. The molecule has 1 aliphatic heterocycles. The monoisotopic (exact) mass is 276 g/mol. The smallest absolute Gasteiger partial charge is 0.226 e. The first-order valence-corrected chi connectivity index (χ1v) is 7.52. The van der Waals surface area contributed by atoms with Gasteiger partial charge in [0.25, 0.3) is 0 Å². The van der Waals surface area contributed by atoms with Crippen molar-refractivity contribution < 1.29 is 9.90 Å². The van der Waals surface area contributed by atoms with E-state index in [1.165, 1.54) is 5.56 Å². The molecule has 20 heavy (non-hydrogen) atoms. The first kappa shape index (κ1) is 14.9. The molecule has 0 atom stereocenters. The van der Waals surface area contributed by atoms with Crippen LogP contribution in [-0.4, -0.2) is 24.2 Å². The van der Waals surface area contributed by atoms with E-state index in [0.29, 0.717) is 6.42 Å². The molecule has 0 saturated heterocycles. The Morgan fingerprint density at radius 2 is 1.95 bits per heavy atom. The van der Waals surface area contributed by atoms with Gasteiger partial charge in [-0.2, -0.15) is 0 Å². The average Bonchev–Trinajstić information content (AvgIpc) is 2.58. The van der Waals surface area contributed by atoms with Crippen molar-refractivity contribution in [2.75, 3.05) is 23.8 Å². The van der Waals surface area contributed by atoms with Crippen LogP contribution in [0, 0.1) is 0 Å². The molecular formula is C16H24N2O2. The van der Waals surface area contributed by atoms with Crippen LogP contribution in [0.3, 0.4) is 0 Å². The summed E-state index contributed by atoms with van der Waals surface area (Å²) in [5.74, 6) is 0.218. The minimum atomic E-state index is 0.218. The van der Waals surface area contributed by atoms with Crippen molar-refractivity contribution in [3.63, 3.8) is 0 Å². The van der Waals surface area contributed by atoms with Gasteiger partial charge in [-0.15, -0.1) is 0 Å². The highest BCUT2D eigenvalue weighted by Crippen LogP contribution is 2.29. The zero-order valence-electron chi connectivity index (χ0n) is 12.0. The molecule has 1 amide bonds. The molecular weight excluding hydrogens is 252 g/mol. The second-order valence-electron chi connectivity index (χ2n) is 5.42. The summed E-state index contributed by atoms with van der Waals surface area (Å²) in [7, 11) is 0. The van der Waals surface area contributed by atoms with Crippen molar-refractivity contribution in [3.8, 4) is 0 Å². The number of aryl methyl sites for hydroxylation is 1. The molecule has 1 aliphatic rings. The number of aliphatic hydroxyl groups excluding tert-OH is 1. The summed E-state index contributed by atoms with van der Waals surface area (Å²) < 4.78 is 0. The van der Waals surface area contributed by atoms with Gasteiger partial charge >= 0.3 is 0 Å². The molecule has 110 valence electrons. The number of unbranched alkanes of at least 4 members (excludes halogenated alkanes) is 3. The minimum Gasteiger partial charge on any atom is -0.399 e. The van der Waals surface area contributed by atoms with Gasteiger partial charge < -0.3 is 15.7 Å². The molecule has 3 N–H and O–H groups in total. The Morgan fingerprint density at radius 3 is 2.75 bits per heavy atom. The van der Waals surface area contributed by atoms with Gasteiger partial charge in [0.2, 0.25) is 5.91 Å². The molecule has 2 rings (SSSR count). The van der Waals surface area contributed by atoms with Crippen LogP contribution in [0.15, 0.2) is 18.2 Å². The Labute approximate surface area is 120 Å². The predicted octanol–water partition coefficient (Wildman–Crippen LogP) is 2.49. The highest BCUT2D eigenvalue weighted by atomic mass is 16.2. The van der Waals surface area contributed by atoms with Crippen molar-refractivity contribution in [2.24, 2.45) is 0 Å². The standard InChI is InChI=1S/C16H24N2O2/c17-14-8-9-15-13(12-14)6-5-7-16(20)18(15)10-3-1-2-4-11-19/h8-9,12,19H,1-7,10-11,17H2. The lowest BCUT2D eigenvalue weighted by molar-refractivity contribution is -0.118. The van der Waals surface area contributed by atoms with E-state index in [-0.39, 0.29) is 12.5 Å². The van der Waals surface area contributed by atoms with E-state index in [1.54, 1.807) is 0 Å². The van der Waals surface area contributed by atoms with Crippen molar-refractivity contribution in [3.05, 3.63) is 23.8 Å².